The first kappa shape index (κ1) is 29.9. The van der Waals surface area contributed by atoms with Gasteiger partial charge in [-0.2, -0.15) is 0 Å². The van der Waals surface area contributed by atoms with Crippen molar-refractivity contribution in [2.75, 3.05) is 0 Å². The lowest BCUT2D eigenvalue weighted by molar-refractivity contribution is -0.138. The monoisotopic (exact) mass is 458 g/mol. The first-order valence-electron chi connectivity index (χ1n) is 12.1. The third kappa shape index (κ3) is 19.8. The Morgan fingerprint density at radius 3 is 0.844 bits per heavy atom. The normalized spacial score (nSPS) is 12.9. The number of unbranched alkanes of at least 4 members (excludes halogenated alkanes) is 6. The Morgan fingerprint density at radius 2 is 0.594 bits per heavy atom. The molecule has 8 heteroatoms. The molecule has 8 nitrogen and oxygen atoms in total. The van der Waals surface area contributed by atoms with Crippen molar-refractivity contribution in [2.24, 2.45) is 11.8 Å². The third-order valence-corrected chi connectivity index (χ3v) is 6.03. The van der Waals surface area contributed by atoms with Gasteiger partial charge in [0.15, 0.2) is 0 Å². The number of carboxylic acids is 4. The maximum Gasteiger partial charge on any atom is 0.303 e. The zero-order chi connectivity index (χ0) is 24.2. The van der Waals surface area contributed by atoms with Crippen LogP contribution in [-0.4, -0.2) is 44.3 Å². The van der Waals surface area contributed by atoms with Gasteiger partial charge in [-0.3, -0.25) is 19.2 Å². The lowest BCUT2D eigenvalue weighted by atomic mass is 9.78. The summed E-state index contributed by atoms with van der Waals surface area (Å²) in [7, 11) is 0. The van der Waals surface area contributed by atoms with Crippen molar-refractivity contribution in [2.45, 2.75) is 116 Å². The molecule has 0 heterocycles. The molecular formula is C24H42O8. The molecule has 0 radical (unpaired) electrons. The minimum atomic E-state index is -0.793. The molecule has 0 aliphatic carbocycles. The maximum atomic E-state index is 10.8. The van der Waals surface area contributed by atoms with E-state index in [1.54, 1.807) is 0 Å². The van der Waals surface area contributed by atoms with Gasteiger partial charge in [0.1, 0.15) is 0 Å². The molecule has 0 aliphatic rings. The number of aliphatic carboxylic acids is 4. The molecule has 2 atom stereocenters. The van der Waals surface area contributed by atoms with Gasteiger partial charge < -0.3 is 20.4 Å². The van der Waals surface area contributed by atoms with Crippen molar-refractivity contribution in [3.63, 3.8) is 0 Å². The summed E-state index contributed by atoms with van der Waals surface area (Å²) in [5.41, 5.74) is 0. The number of rotatable bonds is 23. The van der Waals surface area contributed by atoms with Crippen LogP contribution in [0.2, 0.25) is 0 Å². The first-order chi connectivity index (χ1) is 15.2. The highest BCUT2D eigenvalue weighted by Gasteiger charge is 2.21. The zero-order valence-corrected chi connectivity index (χ0v) is 19.3. The van der Waals surface area contributed by atoms with Gasteiger partial charge in [-0.25, -0.2) is 0 Å². The van der Waals surface area contributed by atoms with Gasteiger partial charge in [0.05, 0.1) is 0 Å². The maximum absolute atomic E-state index is 10.8. The van der Waals surface area contributed by atoms with Crippen molar-refractivity contribution < 1.29 is 39.6 Å². The largest absolute Gasteiger partial charge is 0.481 e. The SMILES string of the molecule is O=C(O)CCCCCC(CCCCC(=O)O)C(CCCCCC(=O)O)CCCCC(=O)O. The molecule has 0 aromatic carbocycles. The Hall–Kier alpha value is -2.12. The second kappa shape index (κ2) is 19.6. The molecule has 4 N–H and O–H groups in total. The summed E-state index contributed by atoms with van der Waals surface area (Å²) in [6.45, 7) is 0. The average molecular weight is 459 g/mol. The fraction of sp³-hybridized carbons (Fsp3) is 0.833. The Labute approximate surface area is 191 Å². The minimum absolute atomic E-state index is 0.157. The smallest absolute Gasteiger partial charge is 0.303 e. The van der Waals surface area contributed by atoms with Crippen LogP contribution >= 0.6 is 0 Å². The van der Waals surface area contributed by atoms with Gasteiger partial charge >= 0.3 is 23.9 Å². The Balaban J connectivity index is 4.82. The van der Waals surface area contributed by atoms with Crippen LogP contribution in [-0.2, 0) is 19.2 Å². The van der Waals surface area contributed by atoms with E-state index in [2.05, 4.69) is 0 Å². The van der Waals surface area contributed by atoms with Crippen LogP contribution in [0.5, 0.6) is 0 Å². The predicted octanol–water partition coefficient (Wildman–Crippen LogP) is 5.58. The van der Waals surface area contributed by atoms with E-state index >= 15 is 0 Å². The number of hydrogen-bond donors (Lipinski definition) is 4. The molecule has 0 rings (SSSR count). The molecule has 2 unspecified atom stereocenters. The van der Waals surface area contributed by atoms with Crippen molar-refractivity contribution in [1.82, 2.24) is 0 Å². The van der Waals surface area contributed by atoms with Crippen molar-refractivity contribution in [3.8, 4) is 0 Å². The van der Waals surface area contributed by atoms with Crippen LogP contribution in [0, 0.1) is 11.8 Å². The highest BCUT2D eigenvalue weighted by atomic mass is 16.4. The average Bonchev–Trinajstić information content (AvgIpc) is 2.70. The highest BCUT2D eigenvalue weighted by Crippen LogP contribution is 2.33. The van der Waals surface area contributed by atoms with Gasteiger partial charge in [0.2, 0.25) is 0 Å². The van der Waals surface area contributed by atoms with E-state index in [-0.39, 0.29) is 25.7 Å². The van der Waals surface area contributed by atoms with Crippen molar-refractivity contribution >= 4 is 23.9 Å². The lowest BCUT2D eigenvalue weighted by Crippen LogP contribution is -2.16. The van der Waals surface area contributed by atoms with E-state index in [1.807, 2.05) is 0 Å². The van der Waals surface area contributed by atoms with E-state index in [4.69, 9.17) is 20.4 Å². The van der Waals surface area contributed by atoms with Gasteiger partial charge in [-0.05, 0) is 37.5 Å². The zero-order valence-electron chi connectivity index (χ0n) is 19.3. The summed E-state index contributed by atoms with van der Waals surface area (Å²) in [6, 6.07) is 0. The quantitative estimate of drug-likeness (QED) is 0.145. The lowest BCUT2D eigenvalue weighted by Gasteiger charge is -2.28. The minimum Gasteiger partial charge on any atom is -0.481 e. The molecule has 0 amide bonds. The Morgan fingerprint density at radius 1 is 0.375 bits per heavy atom. The van der Waals surface area contributed by atoms with Crippen molar-refractivity contribution in [1.29, 1.82) is 0 Å². The standard InChI is InChI=1S/C24H42O8/c25-21(26)15-5-1-3-11-19(13-7-9-17-23(29)30)20(14-8-10-18-24(31)32)12-4-2-6-16-22(27)28/h19-20H,1-18H2,(H,25,26)(H,27,28)(H,29,30)(H,31,32). The number of hydrogen-bond acceptors (Lipinski definition) is 4. The second-order valence-electron chi connectivity index (χ2n) is 8.79. The first-order valence-corrected chi connectivity index (χ1v) is 12.1. The van der Waals surface area contributed by atoms with E-state index < -0.39 is 23.9 Å². The van der Waals surface area contributed by atoms with Gasteiger partial charge in [0, 0.05) is 25.7 Å². The van der Waals surface area contributed by atoms with Crippen LogP contribution in [0.4, 0.5) is 0 Å². The Kier molecular flexibility index (Phi) is 18.3. The number of carbonyl (C=O) groups is 4. The summed E-state index contributed by atoms with van der Waals surface area (Å²) in [6.07, 6.45) is 12.2. The topological polar surface area (TPSA) is 149 Å². The summed E-state index contributed by atoms with van der Waals surface area (Å²) in [5, 5.41) is 35.4. The van der Waals surface area contributed by atoms with Crippen LogP contribution in [0.3, 0.4) is 0 Å². The molecule has 0 fully saturated rings. The van der Waals surface area contributed by atoms with E-state index in [0.29, 0.717) is 37.5 Å². The van der Waals surface area contributed by atoms with E-state index in [9.17, 15) is 19.2 Å². The Bertz CT molecular complexity index is 498. The fourth-order valence-corrected chi connectivity index (χ4v) is 4.32. The van der Waals surface area contributed by atoms with E-state index in [0.717, 1.165) is 64.2 Å². The van der Waals surface area contributed by atoms with Gasteiger partial charge in [-0.1, -0.05) is 64.2 Å². The van der Waals surface area contributed by atoms with E-state index in [1.165, 1.54) is 0 Å². The van der Waals surface area contributed by atoms with Crippen LogP contribution in [0.25, 0.3) is 0 Å². The summed E-state index contributed by atoms with van der Waals surface area (Å²) < 4.78 is 0. The summed E-state index contributed by atoms with van der Waals surface area (Å²) in [5.74, 6) is -2.35. The molecule has 32 heavy (non-hydrogen) atoms. The molecular weight excluding hydrogens is 416 g/mol. The molecule has 0 aliphatic heterocycles. The molecule has 0 saturated carbocycles. The van der Waals surface area contributed by atoms with Gasteiger partial charge in [0.25, 0.3) is 0 Å². The molecule has 186 valence electrons. The molecule has 0 spiro atoms. The van der Waals surface area contributed by atoms with Crippen molar-refractivity contribution in [3.05, 3.63) is 0 Å². The third-order valence-electron chi connectivity index (χ3n) is 6.03. The molecule has 0 bridgehead atoms. The summed E-state index contributed by atoms with van der Waals surface area (Å²) >= 11 is 0. The summed E-state index contributed by atoms with van der Waals surface area (Å²) in [4.78, 5) is 43.1. The van der Waals surface area contributed by atoms with Gasteiger partial charge in [-0.15, -0.1) is 0 Å². The highest BCUT2D eigenvalue weighted by molar-refractivity contribution is 5.67. The molecule has 0 aromatic rings. The molecule has 0 aromatic heterocycles. The predicted molar refractivity (Wildman–Crippen MR) is 121 cm³/mol. The van der Waals surface area contributed by atoms with Crippen LogP contribution < -0.4 is 0 Å². The molecule has 0 saturated heterocycles. The van der Waals surface area contributed by atoms with Crippen LogP contribution in [0.1, 0.15) is 116 Å². The number of carboxylic acid groups (broad SMARTS) is 4. The van der Waals surface area contributed by atoms with Crippen LogP contribution in [0.15, 0.2) is 0 Å². The fourth-order valence-electron chi connectivity index (χ4n) is 4.32. The second-order valence-corrected chi connectivity index (χ2v) is 8.79.